The monoisotopic (exact) mass is 253 g/mol. The Bertz CT molecular complexity index is 426. The highest BCUT2D eigenvalue weighted by Gasteiger charge is 2.29. The summed E-state index contributed by atoms with van der Waals surface area (Å²) in [7, 11) is 0. The molecule has 0 spiro atoms. The number of halogens is 1. The summed E-state index contributed by atoms with van der Waals surface area (Å²) in [5, 5.41) is 2.28. The highest BCUT2D eigenvalue weighted by atomic mass is 79.9. The van der Waals surface area contributed by atoms with Crippen LogP contribution in [0.2, 0.25) is 0 Å². The molecule has 0 bridgehead atoms. The van der Waals surface area contributed by atoms with Gasteiger partial charge < -0.3 is 0 Å². The van der Waals surface area contributed by atoms with E-state index in [1.807, 2.05) is 13.0 Å². The molecule has 0 aliphatic carbocycles. The van der Waals surface area contributed by atoms with Gasteiger partial charge in [0.15, 0.2) is 0 Å². The summed E-state index contributed by atoms with van der Waals surface area (Å²) < 4.78 is 0. The van der Waals surface area contributed by atoms with Crippen molar-refractivity contribution in [3.05, 3.63) is 34.9 Å². The largest absolute Gasteiger partial charge is 0.288 e. The van der Waals surface area contributed by atoms with Crippen LogP contribution in [0.3, 0.4) is 0 Å². The van der Waals surface area contributed by atoms with E-state index in [-0.39, 0.29) is 16.6 Å². The molecule has 0 aromatic heterocycles. The lowest BCUT2D eigenvalue weighted by molar-refractivity contribution is 0.0879. The molecule has 1 aliphatic heterocycles. The van der Waals surface area contributed by atoms with Crippen LogP contribution in [0, 0.1) is 0 Å². The predicted octanol–water partition coefficient (Wildman–Crippen LogP) is 2.03. The van der Waals surface area contributed by atoms with E-state index in [9.17, 15) is 9.59 Å². The molecule has 72 valence electrons. The van der Waals surface area contributed by atoms with Crippen LogP contribution in [-0.4, -0.2) is 11.8 Å². The van der Waals surface area contributed by atoms with Crippen molar-refractivity contribution in [3.63, 3.8) is 0 Å². The lowest BCUT2D eigenvalue weighted by Gasteiger charge is -2.06. The Balaban J connectivity index is 2.68. The zero-order valence-corrected chi connectivity index (χ0v) is 9.09. The van der Waals surface area contributed by atoms with Crippen molar-refractivity contribution in [3.8, 4) is 0 Å². The number of hydrogen-bond acceptors (Lipinski definition) is 2. The van der Waals surface area contributed by atoms with Crippen LogP contribution in [0.4, 0.5) is 0 Å². The summed E-state index contributed by atoms with van der Waals surface area (Å²) in [5.41, 5.74) is 1.83. The Morgan fingerprint density at radius 3 is 2.64 bits per heavy atom. The molecule has 2 amide bonds. The molecular weight excluding hydrogens is 246 g/mol. The zero-order chi connectivity index (χ0) is 10.3. The van der Waals surface area contributed by atoms with Crippen LogP contribution in [0.15, 0.2) is 18.2 Å². The SMILES string of the molecule is CC(Br)c1cccc2c1C(=O)NC2=O. The van der Waals surface area contributed by atoms with Crippen LogP contribution in [-0.2, 0) is 0 Å². The van der Waals surface area contributed by atoms with Gasteiger partial charge in [0, 0.05) is 4.83 Å². The van der Waals surface area contributed by atoms with Crippen LogP contribution < -0.4 is 5.32 Å². The molecule has 0 saturated heterocycles. The zero-order valence-electron chi connectivity index (χ0n) is 7.50. The minimum absolute atomic E-state index is 0.0640. The Kier molecular flexibility index (Phi) is 2.15. The molecule has 1 aliphatic rings. The molecule has 0 saturated carbocycles. The third-order valence-electron chi connectivity index (χ3n) is 2.22. The summed E-state index contributed by atoms with van der Waals surface area (Å²) >= 11 is 3.39. The molecule has 2 rings (SSSR count). The highest BCUT2D eigenvalue weighted by Crippen LogP contribution is 2.29. The summed E-state index contributed by atoms with van der Waals surface area (Å²) in [5.74, 6) is -0.605. The van der Waals surface area contributed by atoms with Gasteiger partial charge in [0.2, 0.25) is 0 Å². The number of alkyl halides is 1. The third-order valence-corrected chi connectivity index (χ3v) is 2.72. The van der Waals surface area contributed by atoms with Gasteiger partial charge in [0.1, 0.15) is 0 Å². The van der Waals surface area contributed by atoms with E-state index in [0.29, 0.717) is 11.1 Å². The van der Waals surface area contributed by atoms with E-state index in [2.05, 4.69) is 21.2 Å². The van der Waals surface area contributed by atoms with Gasteiger partial charge in [-0.15, -0.1) is 0 Å². The normalized spacial score (nSPS) is 16.4. The number of rotatable bonds is 1. The van der Waals surface area contributed by atoms with Crippen LogP contribution in [0.5, 0.6) is 0 Å². The number of amides is 2. The molecule has 1 unspecified atom stereocenters. The minimum Gasteiger partial charge on any atom is -0.288 e. The van der Waals surface area contributed by atoms with Crippen molar-refractivity contribution in [2.45, 2.75) is 11.8 Å². The smallest absolute Gasteiger partial charge is 0.259 e. The Morgan fingerprint density at radius 2 is 2.00 bits per heavy atom. The van der Waals surface area contributed by atoms with E-state index in [4.69, 9.17) is 0 Å². The number of fused-ring (bicyclic) bond motifs is 1. The van der Waals surface area contributed by atoms with Gasteiger partial charge >= 0.3 is 0 Å². The standard InChI is InChI=1S/C10H8BrNO2/c1-5(11)6-3-2-4-7-8(6)10(14)12-9(7)13/h2-5H,1H3,(H,12,13,14). The van der Waals surface area contributed by atoms with E-state index in [0.717, 1.165) is 5.56 Å². The first-order chi connectivity index (χ1) is 6.61. The van der Waals surface area contributed by atoms with Gasteiger partial charge in [-0.1, -0.05) is 28.1 Å². The van der Waals surface area contributed by atoms with E-state index in [1.165, 1.54) is 0 Å². The maximum absolute atomic E-state index is 11.4. The fourth-order valence-electron chi connectivity index (χ4n) is 1.58. The molecule has 1 heterocycles. The number of nitrogens with one attached hydrogen (secondary N) is 1. The highest BCUT2D eigenvalue weighted by molar-refractivity contribution is 9.09. The molecule has 0 fully saturated rings. The molecule has 1 N–H and O–H groups in total. The molecule has 3 nitrogen and oxygen atoms in total. The van der Waals surface area contributed by atoms with Crippen molar-refractivity contribution in [2.24, 2.45) is 0 Å². The van der Waals surface area contributed by atoms with E-state index >= 15 is 0 Å². The maximum atomic E-state index is 11.4. The van der Waals surface area contributed by atoms with Gasteiger partial charge in [-0.3, -0.25) is 14.9 Å². The Labute approximate surface area is 89.6 Å². The number of hydrogen-bond donors (Lipinski definition) is 1. The Hall–Kier alpha value is -1.16. The number of imide groups is 1. The summed E-state index contributed by atoms with van der Waals surface area (Å²) in [6.07, 6.45) is 0. The lowest BCUT2D eigenvalue weighted by atomic mass is 10.0. The number of carbonyl (C=O) groups is 2. The fraction of sp³-hybridized carbons (Fsp3) is 0.200. The van der Waals surface area contributed by atoms with Gasteiger partial charge in [0.05, 0.1) is 11.1 Å². The Morgan fingerprint density at radius 1 is 1.29 bits per heavy atom. The van der Waals surface area contributed by atoms with E-state index in [1.54, 1.807) is 12.1 Å². The second-order valence-electron chi connectivity index (χ2n) is 3.17. The topological polar surface area (TPSA) is 46.2 Å². The summed E-state index contributed by atoms with van der Waals surface area (Å²) in [6, 6.07) is 5.29. The van der Waals surface area contributed by atoms with E-state index < -0.39 is 0 Å². The van der Waals surface area contributed by atoms with Crippen molar-refractivity contribution in [1.29, 1.82) is 0 Å². The molecule has 4 heteroatoms. The first kappa shape index (κ1) is 9.40. The first-order valence-electron chi connectivity index (χ1n) is 4.24. The molecular formula is C10H8BrNO2. The van der Waals surface area contributed by atoms with Crippen LogP contribution >= 0.6 is 15.9 Å². The van der Waals surface area contributed by atoms with Crippen LogP contribution in [0.25, 0.3) is 0 Å². The van der Waals surface area contributed by atoms with Gasteiger partial charge in [0.25, 0.3) is 11.8 Å². The van der Waals surface area contributed by atoms with Crippen molar-refractivity contribution in [1.82, 2.24) is 5.32 Å². The van der Waals surface area contributed by atoms with Crippen LogP contribution in [0.1, 0.15) is 38.0 Å². The molecule has 1 aromatic rings. The molecule has 0 radical (unpaired) electrons. The second-order valence-corrected chi connectivity index (χ2v) is 4.54. The fourth-order valence-corrected chi connectivity index (χ4v) is 1.96. The van der Waals surface area contributed by atoms with Crippen molar-refractivity contribution in [2.75, 3.05) is 0 Å². The van der Waals surface area contributed by atoms with Crippen molar-refractivity contribution >= 4 is 27.7 Å². The average molecular weight is 254 g/mol. The average Bonchev–Trinajstić information content (AvgIpc) is 2.43. The first-order valence-corrected chi connectivity index (χ1v) is 5.15. The number of carbonyl (C=O) groups excluding carboxylic acids is 2. The van der Waals surface area contributed by atoms with Gasteiger partial charge in [-0.25, -0.2) is 0 Å². The van der Waals surface area contributed by atoms with Gasteiger partial charge in [-0.05, 0) is 18.6 Å². The number of benzene rings is 1. The van der Waals surface area contributed by atoms with Crippen molar-refractivity contribution < 1.29 is 9.59 Å². The second kappa shape index (κ2) is 3.20. The minimum atomic E-state index is -0.306. The molecule has 14 heavy (non-hydrogen) atoms. The summed E-state index contributed by atoms with van der Waals surface area (Å²) in [6.45, 7) is 1.92. The summed E-state index contributed by atoms with van der Waals surface area (Å²) in [4.78, 5) is 22.8. The predicted molar refractivity (Wildman–Crippen MR) is 55.6 cm³/mol. The quantitative estimate of drug-likeness (QED) is 0.615. The molecule has 1 atom stereocenters. The van der Waals surface area contributed by atoms with Gasteiger partial charge in [-0.2, -0.15) is 0 Å². The maximum Gasteiger partial charge on any atom is 0.259 e. The lowest BCUT2D eigenvalue weighted by Crippen LogP contribution is -2.20. The molecule has 1 aromatic carbocycles. The third kappa shape index (κ3) is 1.26.